The maximum Gasteiger partial charge on any atom is 0.0471 e. The Morgan fingerprint density at radius 3 is 2.93 bits per heavy atom. The molecule has 2 nitrogen and oxygen atoms in total. The van der Waals surface area contributed by atoms with Crippen molar-refractivity contribution in [3.63, 3.8) is 0 Å². The van der Waals surface area contributed by atoms with Crippen LogP contribution in [-0.2, 0) is 6.42 Å². The third-order valence-electron chi connectivity index (χ3n) is 2.42. The Kier molecular flexibility index (Phi) is 2.46. The minimum atomic E-state index is 0.199. The third-order valence-corrected chi connectivity index (χ3v) is 2.42. The zero-order valence-electron chi connectivity index (χ0n) is 8.20. The van der Waals surface area contributed by atoms with Crippen molar-refractivity contribution in [3.05, 3.63) is 41.7 Å². The molecular formula is C12H13NO. The summed E-state index contributed by atoms with van der Waals surface area (Å²) in [7, 11) is 0. The summed E-state index contributed by atoms with van der Waals surface area (Å²) in [6, 6.07) is 6.24. The maximum absolute atomic E-state index is 8.83. The molecule has 0 bridgehead atoms. The van der Waals surface area contributed by atoms with Gasteiger partial charge in [-0.05, 0) is 35.9 Å². The van der Waals surface area contributed by atoms with Gasteiger partial charge in [-0.3, -0.25) is 4.98 Å². The molecule has 0 saturated heterocycles. The SMILES string of the molecule is Cc1cncc2cc(CCO)ccc12. The first-order valence-electron chi connectivity index (χ1n) is 4.75. The van der Waals surface area contributed by atoms with E-state index in [1.165, 1.54) is 10.9 Å². The molecule has 1 N–H and O–H groups in total. The highest BCUT2D eigenvalue weighted by Crippen LogP contribution is 2.18. The summed E-state index contributed by atoms with van der Waals surface area (Å²) in [5.74, 6) is 0. The molecule has 1 aromatic carbocycles. The van der Waals surface area contributed by atoms with Gasteiger partial charge in [0.05, 0.1) is 0 Å². The number of aliphatic hydroxyl groups excluding tert-OH is 1. The van der Waals surface area contributed by atoms with Crippen molar-refractivity contribution in [2.75, 3.05) is 6.61 Å². The van der Waals surface area contributed by atoms with Gasteiger partial charge in [-0.25, -0.2) is 0 Å². The fourth-order valence-electron chi connectivity index (χ4n) is 1.66. The second-order valence-electron chi connectivity index (χ2n) is 3.49. The van der Waals surface area contributed by atoms with Gasteiger partial charge < -0.3 is 5.11 Å². The van der Waals surface area contributed by atoms with E-state index in [2.05, 4.69) is 30.1 Å². The largest absolute Gasteiger partial charge is 0.396 e. The molecule has 0 fully saturated rings. The van der Waals surface area contributed by atoms with E-state index in [-0.39, 0.29) is 6.61 Å². The summed E-state index contributed by atoms with van der Waals surface area (Å²) < 4.78 is 0. The number of aromatic nitrogens is 1. The Morgan fingerprint density at radius 1 is 1.29 bits per heavy atom. The number of aliphatic hydroxyl groups is 1. The van der Waals surface area contributed by atoms with Gasteiger partial charge >= 0.3 is 0 Å². The van der Waals surface area contributed by atoms with Crippen LogP contribution in [0.15, 0.2) is 30.6 Å². The van der Waals surface area contributed by atoms with E-state index in [1.54, 1.807) is 0 Å². The van der Waals surface area contributed by atoms with Crippen LogP contribution in [0.25, 0.3) is 10.8 Å². The molecule has 0 amide bonds. The molecule has 14 heavy (non-hydrogen) atoms. The highest BCUT2D eigenvalue weighted by Gasteiger charge is 1.98. The van der Waals surface area contributed by atoms with Gasteiger partial charge in [0.2, 0.25) is 0 Å². The van der Waals surface area contributed by atoms with Crippen LogP contribution in [0.1, 0.15) is 11.1 Å². The molecule has 0 radical (unpaired) electrons. The molecule has 0 spiro atoms. The van der Waals surface area contributed by atoms with Gasteiger partial charge in [-0.2, -0.15) is 0 Å². The van der Waals surface area contributed by atoms with Crippen molar-refractivity contribution in [2.45, 2.75) is 13.3 Å². The zero-order chi connectivity index (χ0) is 9.97. The Labute approximate surface area is 83.2 Å². The molecule has 2 aromatic rings. The molecule has 0 aliphatic heterocycles. The number of hydrogen-bond acceptors (Lipinski definition) is 2. The quantitative estimate of drug-likeness (QED) is 0.780. The van der Waals surface area contributed by atoms with Crippen molar-refractivity contribution in [1.82, 2.24) is 4.98 Å². The van der Waals surface area contributed by atoms with Gasteiger partial charge in [0.15, 0.2) is 0 Å². The fraction of sp³-hybridized carbons (Fsp3) is 0.250. The lowest BCUT2D eigenvalue weighted by atomic mass is 10.0. The normalized spacial score (nSPS) is 10.7. The van der Waals surface area contributed by atoms with Crippen LogP contribution < -0.4 is 0 Å². The molecule has 1 aromatic heterocycles. The lowest BCUT2D eigenvalue weighted by Crippen LogP contribution is -1.91. The van der Waals surface area contributed by atoms with E-state index >= 15 is 0 Å². The lowest BCUT2D eigenvalue weighted by molar-refractivity contribution is 0.299. The number of aryl methyl sites for hydroxylation is 1. The predicted molar refractivity (Wildman–Crippen MR) is 57.3 cm³/mol. The van der Waals surface area contributed by atoms with Crippen LogP contribution in [0, 0.1) is 6.92 Å². The summed E-state index contributed by atoms with van der Waals surface area (Å²) >= 11 is 0. The fourth-order valence-corrected chi connectivity index (χ4v) is 1.66. The minimum absolute atomic E-state index is 0.199. The molecule has 0 atom stereocenters. The smallest absolute Gasteiger partial charge is 0.0471 e. The topological polar surface area (TPSA) is 33.1 Å². The maximum atomic E-state index is 8.83. The molecule has 0 saturated carbocycles. The Balaban J connectivity index is 2.56. The molecule has 0 aliphatic carbocycles. The summed E-state index contributed by atoms with van der Waals surface area (Å²) in [6.07, 6.45) is 4.45. The standard InChI is InChI=1S/C12H13NO/c1-9-7-13-8-11-6-10(4-5-14)2-3-12(9)11/h2-3,6-8,14H,4-5H2,1H3. The highest BCUT2D eigenvalue weighted by molar-refractivity contribution is 5.85. The Morgan fingerprint density at radius 2 is 2.14 bits per heavy atom. The van der Waals surface area contributed by atoms with Crippen LogP contribution in [0.2, 0.25) is 0 Å². The summed E-state index contributed by atoms with van der Waals surface area (Å²) in [5, 5.41) is 11.2. The van der Waals surface area contributed by atoms with Crippen molar-refractivity contribution in [1.29, 1.82) is 0 Å². The number of fused-ring (bicyclic) bond motifs is 1. The average Bonchev–Trinajstić information content (AvgIpc) is 2.18. The van der Waals surface area contributed by atoms with E-state index in [9.17, 15) is 0 Å². The van der Waals surface area contributed by atoms with Crippen LogP contribution in [0.4, 0.5) is 0 Å². The van der Waals surface area contributed by atoms with Gasteiger partial charge in [0, 0.05) is 24.4 Å². The van der Waals surface area contributed by atoms with E-state index < -0.39 is 0 Å². The van der Waals surface area contributed by atoms with E-state index in [0.29, 0.717) is 6.42 Å². The first kappa shape index (κ1) is 9.16. The minimum Gasteiger partial charge on any atom is -0.396 e. The van der Waals surface area contributed by atoms with Crippen LogP contribution in [-0.4, -0.2) is 16.7 Å². The van der Waals surface area contributed by atoms with Crippen molar-refractivity contribution < 1.29 is 5.11 Å². The van der Waals surface area contributed by atoms with Crippen molar-refractivity contribution in [2.24, 2.45) is 0 Å². The third kappa shape index (κ3) is 1.61. The van der Waals surface area contributed by atoms with E-state index in [0.717, 1.165) is 10.9 Å². The van der Waals surface area contributed by atoms with Crippen molar-refractivity contribution in [3.8, 4) is 0 Å². The van der Waals surface area contributed by atoms with Crippen molar-refractivity contribution >= 4 is 10.8 Å². The Hall–Kier alpha value is -1.41. The number of nitrogens with zero attached hydrogens (tertiary/aromatic N) is 1. The first-order valence-corrected chi connectivity index (χ1v) is 4.75. The molecule has 0 aliphatic rings. The average molecular weight is 187 g/mol. The van der Waals surface area contributed by atoms with Crippen LogP contribution in [0.5, 0.6) is 0 Å². The second kappa shape index (κ2) is 3.76. The summed E-state index contributed by atoms with van der Waals surface area (Å²) in [4.78, 5) is 4.15. The lowest BCUT2D eigenvalue weighted by Gasteiger charge is -2.03. The van der Waals surface area contributed by atoms with Gasteiger partial charge in [0.25, 0.3) is 0 Å². The zero-order valence-corrected chi connectivity index (χ0v) is 8.20. The number of rotatable bonds is 2. The van der Waals surface area contributed by atoms with E-state index in [1.807, 2.05) is 12.4 Å². The molecule has 72 valence electrons. The van der Waals surface area contributed by atoms with E-state index in [4.69, 9.17) is 5.11 Å². The molecule has 2 rings (SSSR count). The summed E-state index contributed by atoms with van der Waals surface area (Å²) in [6.45, 7) is 2.26. The molecule has 2 heteroatoms. The molecule has 0 unspecified atom stereocenters. The number of pyridine rings is 1. The van der Waals surface area contributed by atoms with Crippen LogP contribution in [0.3, 0.4) is 0 Å². The predicted octanol–water partition coefficient (Wildman–Crippen LogP) is 2.08. The first-order chi connectivity index (χ1) is 6.81. The van der Waals surface area contributed by atoms with Crippen LogP contribution >= 0.6 is 0 Å². The molecule has 1 heterocycles. The number of hydrogen-bond donors (Lipinski definition) is 1. The monoisotopic (exact) mass is 187 g/mol. The van der Waals surface area contributed by atoms with Gasteiger partial charge in [0.1, 0.15) is 0 Å². The summed E-state index contributed by atoms with van der Waals surface area (Å²) in [5.41, 5.74) is 2.35. The van der Waals surface area contributed by atoms with Gasteiger partial charge in [-0.15, -0.1) is 0 Å². The van der Waals surface area contributed by atoms with Gasteiger partial charge in [-0.1, -0.05) is 12.1 Å². The number of benzene rings is 1. The highest BCUT2D eigenvalue weighted by atomic mass is 16.2. The Bertz CT molecular complexity index is 451. The molecular weight excluding hydrogens is 174 g/mol. The second-order valence-corrected chi connectivity index (χ2v) is 3.49.